The fourth-order valence-corrected chi connectivity index (χ4v) is 2.69. The Bertz CT molecular complexity index is 352. The molecule has 0 amide bonds. The van der Waals surface area contributed by atoms with Crippen LogP contribution in [-0.4, -0.2) is 17.1 Å². The zero-order valence-electron chi connectivity index (χ0n) is 9.19. The molecule has 0 saturated heterocycles. The lowest BCUT2D eigenvalue weighted by atomic mass is 9.78. The average Bonchev–Trinajstić information content (AvgIpc) is 2.87. The maximum absolute atomic E-state index is 10.8. The molecule has 0 spiro atoms. The summed E-state index contributed by atoms with van der Waals surface area (Å²) in [5.41, 5.74) is 5.49. The van der Waals surface area contributed by atoms with Crippen molar-refractivity contribution in [2.24, 2.45) is 5.73 Å². The van der Waals surface area contributed by atoms with E-state index >= 15 is 0 Å². The minimum absolute atomic E-state index is 0.151. The Morgan fingerprint density at radius 2 is 2.25 bits per heavy atom. The Balaban J connectivity index is 2.20. The first-order valence-corrected chi connectivity index (χ1v) is 5.66. The number of nitrogens with two attached hydrogens (primary N) is 1. The molecule has 1 aromatic rings. The molecule has 3 N–H and O–H groups in total. The summed E-state index contributed by atoms with van der Waals surface area (Å²) >= 11 is 0. The van der Waals surface area contributed by atoms with Crippen LogP contribution in [0.5, 0.6) is 0 Å². The lowest BCUT2D eigenvalue weighted by Gasteiger charge is -2.28. The second-order valence-electron chi connectivity index (χ2n) is 4.61. The third-order valence-corrected chi connectivity index (χ3v) is 3.53. The summed E-state index contributed by atoms with van der Waals surface area (Å²) in [7, 11) is 0. The third-order valence-electron chi connectivity index (χ3n) is 3.53. The number of carbonyl (C=O) groups is 1. The van der Waals surface area contributed by atoms with Crippen LogP contribution in [0.4, 0.5) is 0 Å². The SMILES string of the molecule is NC(CC1(c2ccco2)CCCC1)C(=O)O. The highest BCUT2D eigenvalue weighted by molar-refractivity contribution is 5.73. The van der Waals surface area contributed by atoms with Gasteiger partial charge in [0.05, 0.1) is 6.26 Å². The molecule has 1 saturated carbocycles. The van der Waals surface area contributed by atoms with E-state index in [4.69, 9.17) is 15.3 Å². The quantitative estimate of drug-likeness (QED) is 0.817. The molecule has 1 aromatic heterocycles. The van der Waals surface area contributed by atoms with Crippen molar-refractivity contribution in [2.45, 2.75) is 43.6 Å². The molecule has 88 valence electrons. The van der Waals surface area contributed by atoms with Gasteiger partial charge < -0.3 is 15.3 Å². The van der Waals surface area contributed by atoms with Crippen LogP contribution >= 0.6 is 0 Å². The molecule has 4 heteroatoms. The molecule has 1 unspecified atom stereocenters. The Labute approximate surface area is 94.4 Å². The number of hydrogen-bond donors (Lipinski definition) is 2. The van der Waals surface area contributed by atoms with Gasteiger partial charge in [0.25, 0.3) is 0 Å². The van der Waals surface area contributed by atoms with E-state index in [0.717, 1.165) is 31.4 Å². The molecule has 1 heterocycles. The average molecular weight is 223 g/mol. The predicted molar refractivity (Wildman–Crippen MR) is 59.1 cm³/mol. The molecule has 1 atom stereocenters. The van der Waals surface area contributed by atoms with Crippen molar-refractivity contribution in [2.75, 3.05) is 0 Å². The van der Waals surface area contributed by atoms with E-state index < -0.39 is 12.0 Å². The zero-order valence-corrected chi connectivity index (χ0v) is 9.19. The summed E-state index contributed by atoms with van der Waals surface area (Å²) in [5, 5.41) is 8.90. The molecule has 1 aliphatic carbocycles. The molecule has 4 nitrogen and oxygen atoms in total. The highest BCUT2D eigenvalue weighted by atomic mass is 16.4. The summed E-state index contributed by atoms with van der Waals surface area (Å²) in [4.78, 5) is 10.8. The topological polar surface area (TPSA) is 76.5 Å². The van der Waals surface area contributed by atoms with Crippen molar-refractivity contribution in [1.82, 2.24) is 0 Å². The van der Waals surface area contributed by atoms with Crippen molar-refractivity contribution >= 4 is 5.97 Å². The summed E-state index contributed by atoms with van der Waals surface area (Å²) in [5.74, 6) is -0.0421. The molecule has 1 fully saturated rings. The highest BCUT2D eigenvalue weighted by Crippen LogP contribution is 2.44. The maximum Gasteiger partial charge on any atom is 0.320 e. The summed E-state index contributed by atoms with van der Waals surface area (Å²) in [6, 6.07) is 2.98. The highest BCUT2D eigenvalue weighted by Gasteiger charge is 2.40. The van der Waals surface area contributed by atoms with E-state index in [1.54, 1.807) is 6.26 Å². The minimum atomic E-state index is -0.933. The van der Waals surface area contributed by atoms with Crippen LogP contribution in [0, 0.1) is 0 Å². The van der Waals surface area contributed by atoms with Gasteiger partial charge in [0, 0.05) is 5.41 Å². The standard InChI is InChI=1S/C12H17NO3/c13-9(11(14)15)8-12(5-1-2-6-12)10-4-3-7-16-10/h3-4,7,9H,1-2,5-6,8,13H2,(H,14,15). The second kappa shape index (κ2) is 4.29. The van der Waals surface area contributed by atoms with Crippen molar-refractivity contribution in [3.63, 3.8) is 0 Å². The van der Waals surface area contributed by atoms with E-state index in [2.05, 4.69) is 0 Å². The normalized spacial score (nSPS) is 20.8. The fraction of sp³-hybridized carbons (Fsp3) is 0.583. The molecule has 1 aliphatic rings. The predicted octanol–water partition coefficient (Wildman–Crippen LogP) is 1.89. The Morgan fingerprint density at radius 1 is 1.56 bits per heavy atom. The lowest BCUT2D eigenvalue weighted by Crippen LogP contribution is -2.38. The molecular formula is C12H17NO3. The molecule has 2 rings (SSSR count). The van der Waals surface area contributed by atoms with Gasteiger partial charge in [-0.1, -0.05) is 12.8 Å². The number of carboxylic acids is 1. The number of aliphatic carboxylic acids is 1. The van der Waals surface area contributed by atoms with Crippen molar-refractivity contribution in [1.29, 1.82) is 0 Å². The zero-order chi connectivity index (χ0) is 11.6. The van der Waals surface area contributed by atoms with Crippen LogP contribution in [0.2, 0.25) is 0 Å². The van der Waals surface area contributed by atoms with E-state index in [-0.39, 0.29) is 5.41 Å². The van der Waals surface area contributed by atoms with Gasteiger partial charge in [-0.15, -0.1) is 0 Å². The van der Waals surface area contributed by atoms with E-state index in [9.17, 15) is 4.79 Å². The first kappa shape index (κ1) is 11.2. The number of carboxylic acid groups (broad SMARTS) is 1. The van der Waals surface area contributed by atoms with Gasteiger partial charge in [-0.05, 0) is 31.4 Å². The van der Waals surface area contributed by atoms with Crippen molar-refractivity contribution in [3.8, 4) is 0 Å². The molecule has 16 heavy (non-hydrogen) atoms. The Hall–Kier alpha value is -1.29. The fourth-order valence-electron chi connectivity index (χ4n) is 2.69. The summed E-state index contributed by atoms with van der Waals surface area (Å²) in [6.45, 7) is 0. The molecule has 0 aliphatic heterocycles. The molecular weight excluding hydrogens is 206 g/mol. The van der Waals surface area contributed by atoms with Crippen LogP contribution in [0.1, 0.15) is 37.9 Å². The van der Waals surface area contributed by atoms with Gasteiger partial charge >= 0.3 is 5.97 Å². The Morgan fingerprint density at radius 3 is 2.75 bits per heavy atom. The van der Waals surface area contributed by atoms with Crippen LogP contribution < -0.4 is 5.73 Å². The van der Waals surface area contributed by atoms with E-state index in [1.807, 2.05) is 12.1 Å². The van der Waals surface area contributed by atoms with Gasteiger partial charge in [-0.2, -0.15) is 0 Å². The third kappa shape index (κ3) is 1.97. The Kier molecular flexibility index (Phi) is 3.01. The van der Waals surface area contributed by atoms with Crippen LogP contribution in [0.25, 0.3) is 0 Å². The van der Waals surface area contributed by atoms with Gasteiger partial charge in [0.15, 0.2) is 0 Å². The largest absolute Gasteiger partial charge is 0.480 e. The van der Waals surface area contributed by atoms with Gasteiger partial charge in [-0.25, -0.2) is 0 Å². The number of rotatable bonds is 4. The maximum atomic E-state index is 10.8. The van der Waals surface area contributed by atoms with Crippen LogP contribution in [-0.2, 0) is 10.2 Å². The van der Waals surface area contributed by atoms with Gasteiger partial charge in [0.2, 0.25) is 0 Å². The van der Waals surface area contributed by atoms with Gasteiger partial charge in [0.1, 0.15) is 11.8 Å². The first-order valence-electron chi connectivity index (χ1n) is 5.66. The summed E-state index contributed by atoms with van der Waals surface area (Å²) in [6.07, 6.45) is 6.29. The molecule has 0 radical (unpaired) electrons. The van der Waals surface area contributed by atoms with Crippen molar-refractivity contribution < 1.29 is 14.3 Å². The van der Waals surface area contributed by atoms with E-state index in [0.29, 0.717) is 6.42 Å². The lowest BCUT2D eigenvalue weighted by molar-refractivity contribution is -0.139. The summed E-state index contributed by atoms with van der Waals surface area (Å²) < 4.78 is 5.45. The monoisotopic (exact) mass is 223 g/mol. The van der Waals surface area contributed by atoms with Crippen LogP contribution in [0.3, 0.4) is 0 Å². The number of hydrogen-bond acceptors (Lipinski definition) is 3. The van der Waals surface area contributed by atoms with Crippen molar-refractivity contribution in [3.05, 3.63) is 24.2 Å². The molecule has 0 aromatic carbocycles. The minimum Gasteiger partial charge on any atom is -0.480 e. The molecule has 0 bridgehead atoms. The van der Waals surface area contributed by atoms with Crippen LogP contribution in [0.15, 0.2) is 22.8 Å². The number of furan rings is 1. The smallest absolute Gasteiger partial charge is 0.320 e. The first-order chi connectivity index (χ1) is 7.64. The van der Waals surface area contributed by atoms with Gasteiger partial charge in [-0.3, -0.25) is 4.79 Å². The second-order valence-corrected chi connectivity index (χ2v) is 4.61. The van der Waals surface area contributed by atoms with E-state index in [1.165, 1.54) is 0 Å².